The summed E-state index contributed by atoms with van der Waals surface area (Å²) in [6.45, 7) is 0. The Labute approximate surface area is 166 Å². The zero-order valence-electron chi connectivity index (χ0n) is 15.8. The van der Waals surface area contributed by atoms with Crippen molar-refractivity contribution < 1.29 is 4.79 Å². The highest BCUT2D eigenvalue weighted by molar-refractivity contribution is 6.00. The number of rotatable bonds is 1. The molecule has 1 saturated carbocycles. The van der Waals surface area contributed by atoms with Crippen molar-refractivity contribution in [2.45, 2.75) is 37.3 Å². The Balaban J connectivity index is 1.47. The Morgan fingerprint density at radius 2 is 1.76 bits per heavy atom. The molecule has 2 aromatic carbocycles. The first-order chi connectivity index (χ1) is 14.2. The lowest BCUT2D eigenvalue weighted by molar-refractivity contribution is 0.0847. The summed E-state index contributed by atoms with van der Waals surface area (Å²) >= 11 is 0. The number of benzene rings is 2. The summed E-state index contributed by atoms with van der Waals surface area (Å²) < 4.78 is 2.22. The minimum absolute atomic E-state index is 0.00789. The minimum Gasteiger partial charge on any atom is -0.346 e. The van der Waals surface area contributed by atoms with Gasteiger partial charge in [-0.15, -0.1) is 0 Å². The van der Waals surface area contributed by atoms with E-state index in [9.17, 15) is 9.59 Å². The Bertz CT molecular complexity index is 1340. The summed E-state index contributed by atoms with van der Waals surface area (Å²) in [7, 11) is 0. The molecule has 0 saturated heterocycles. The maximum atomic E-state index is 12.7. The van der Waals surface area contributed by atoms with E-state index in [2.05, 4.69) is 32.2 Å². The quantitative estimate of drug-likeness (QED) is 0.527. The van der Waals surface area contributed by atoms with E-state index in [0.29, 0.717) is 5.39 Å². The van der Waals surface area contributed by atoms with Crippen molar-refractivity contribution in [1.29, 1.82) is 0 Å². The minimum atomic E-state index is -0.151. The van der Waals surface area contributed by atoms with Crippen LogP contribution in [-0.4, -0.2) is 26.7 Å². The largest absolute Gasteiger partial charge is 0.346 e. The second kappa shape index (κ2) is 6.04. The average Bonchev–Trinajstić information content (AvgIpc) is 3.15. The lowest BCUT2D eigenvalue weighted by Gasteiger charge is -2.41. The highest BCUT2D eigenvalue weighted by Gasteiger charge is 2.40. The summed E-state index contributed by atoms with van der Waals surface area (Å²) in [6.07, 6.45) is 2.70. The second-order valence-corrected chi connectivity index (χ2v) is 8.10. The Hall–Kier alpha value is -3.41. The van der Waals surface area contributed by atoms with Gasteiger partial charge in [0.15, 0.2) is 0 Å². The van der Waals surface area contributed by atoms with Gasteiger partial charge in [-0.05, 0) is 37.5 Å². The molecule has 2 N–H and O–H groups in total. The number of carbonyl (C=O) groups is 1. The van der Waals surface area contributed by atoms with Crippen molar-refractivity contribution in [3.63, 3.8) is 0 Å². The van der Waals surface area contributed by atoms with Crippen molar-refractivity contribution in [3.8, 4) is 0 Å². The van der Waals surface area contributed by atoms with Crippen LogP contribution in [0.2, 0.25) is 0 Å². The molecule has 2 aromatic heterocycles. The average molecular weight is 384 g/mol. The van der Waals surface area contributed by atoms with E-state index in [1.165, 1.54) is 0 Å². The number of fused-ring (bicyclic) bond motifs is 6. The fourth-order valence-corrected chi connectivity index (χ4v) is 5.25. The van der Waals surface area contributed by atoms with E-state index in [1.807, 2.05) is 42.5 Å². The molecule has 6 heteroatoms. The van der Waals surface area contributed by atoms with Gasteiger partial charge in [0.05, 0.1) is 17.1 Å². The summed E-state index contributed by atoms with van der Waals surface area (Å²) in [5.41, 5.74) is 2.63. The second-order valence-electron chi connectivity index (χ2n) is 8.10. The predicted octanol–water partition coefficient (Wildman–Crippen LogP) is 3.50. The molecule has 1 amide bonds. The first kappa shape index (κ1) is 16.5. The molecule has 1 aliphatic carbocycles. The molecule has 29 heavy (non-hydrogen) atoms. The number of aromatic amines is 1. The normalized spacial score (nSPS) is 23.6. The molecular formula is C23H20N4O2. The van der Waals surface area contributed by atoms with E-state index in [1.54, 1.807) is 0 Å². The molecule has 4 aromatic rings. The molecule has 1 aliphatic heterocycles. The van der Waals surface area contributed by atoms with Gasteiger partial charge < -0.3 is 9.88 Å². The fourth-order valence-electron chi connectivity index (χ4n) is 5.25. The maximum Gasteiger partial charge on any atom is 0.272 e. The molecule has 2 aliphatic rings. The monoisotopic (exact) mass is 384 g/mol. The van der Waals surface area contributed by atoms with Crippen molar-refractivity contribution in [2.75, 3.05) is 0 Å². The van der Waals surface area contributed by atoms with Crippen LogP contribution in [0.4, 0.5) is 0 Å². The van der Waals surface area contributed by atoms with Gasteiger partial charge in [-0.2, -0.15) is 5.10 Å². The molecule has 6 nitrogen and oxygen atoms in total. The van der Waals surface area contributed by atoms with Gasteiger partial charge >= 0.3 is 0 Å². The van der Waals surface area contributed by atoms with Gasteiger partial charge in [-0.3, -0.25) is 9.59 Å². The van der Waals surface area contributed by atoms with E-state index < -0.39 is 0 Å². The van der Waals surface area contributed by atoms with Crippen LogP contribution in [0.25, 0.3) is 21.7 Å². The molecule has 0 bridgehead atoms. The number of carbonyl (C=O) groups excluding carboxylic acids is 1. The topological polar surface area (TPSA) is 79.8 Å². The van der Waals surface area contributed by atoms with Crippen LogP contribution in [0, 0.1) is 0 Å². The number of hydrogen-bond donors (Lipinski definition) is 2. The summed E-state index contributed by atoms with van der Waals surface area (Å²) in [5.74, 6) is 0.232. The van der Waals surface area contributed by atoms with Crippen LogP contribution >= 0.6 is 0 Å². The lowest BCUT2D eigenvalue weighted by Crippen LogP contribution is -2.49. The third-order valence-electron chi connectivity index (χ3n) is 6.56. The van der Waals surface area contributed by atoms with Gasteiger partial charge in [-0.1, -0.05) is 36.4 Å². The smallest absolute Gasteiger partial charge is 0.272 e. The van der Waals surface area contributed by atoms with E-state index in [4.69, 9.17) is 0 Å². The van der Waals surface area contributed by atoms with E-state index in [0.717, 1.165) is 46.9 Å². The molecule has 6 rings (SSSR count). The van der Waals surface area contributed by atoms with Gasteiger partial charge in [0.25, 0.3) is 11.5 Å². The van der Waals surface area contributed by atoms with Gasteiger partial charge in [-0.25, -0.2) is 5.10 Å². The summed E-state index contributed by atoms with van der Waals surface area (Å²) in [6, 6.07) is 18.1. The number of hydrogen-bond acceptors (Lipinski definition) is 3. The molecule has 3 heterocycles. The highest BCUT2D eigenvalue weighted by Crippen LogP contribution is 2.43. The molecule has 1 fully saturated rings. The third kappa shape index (κ3) is 2.38. The number of amides is 1. The number of aromatic nitrogens is 3. The van der Waals surface area contributed by atoms with Crippen LogP contribution in [0.3, 0.4) is 0 Å². The fraction of sp³-hybridized carbons (Fsp3) is 0.261. The van der Waals surface area contributed by atoms with Gasteiger partial charge in [0, 0.05) is 28.2 Å². The predicted molar refractivity (Wildman–Crippen MR) is 111 cm³/mol. The first-order valence-corrected chi connectivity index (χ1v) is 10.1. The molecular weight excluding hydrogens is 364 g/mol. The van der Waals surface area contributed by atoms with Crippen LogP contribution in [0.15, 0.2) is 59.4 Å². The molecule has 0 unspecified atom stereocenters. The van der Waals surface area contributed by atoms with Crippen molar-refractivity contribution in [2.24, 2.45) is 0 Å². The standard InChI is InChI=1S/C23H20N4O2/c28-22-16-7-3-2-6-15(16)21(25-26-22)14-9-10-17-19(12-14)27-18-8-4-1-5-13(18)11-20(27)23(29)24-17/h1-8,11,14,17,19H,9-10,12H2,(H,24,29)(H,26,28)/t14-,17-,19-/m0/s1. The van der Waals surface area contributed by atoms with Crippen molar-refractivity contribution in [3.05, 3.63) is 76.3 Å². The maximum absolute atomic E-state index is 12.7. The van der Waals surface area contributed by atoms with Crippen LogP contribution in [-0.2, 0) is 0 Å². The Morgan fingerprint density at radius 1 is 0.966 bits per heavy atom. The van der Waals surface area contributed by atoms with Gasteiger partial charge in [0.1, 0.15) is 5.69 Å². The van der Waals surface area contributed by atoms with E-state index >= 15 is 0 Å². The zero-order chi connectivity index (χ0) is 19.5. The summed E-state index contributed by atoms with van der Waals surface area (Å²) in [4.78, 5) is 24.9. The SMILES string of the molecule is O=C1N[C@H]2CC[C@H](c3n[nH]c(=O)c4ccccc34)C[C@@H]2n2c1cc1ccccc12. The number of H-pyrrole nitrogens is 1. The summed E-state index contributed by atoms with van der Waals surface area (Å²) in [5, 5.41) is 13.1. The zero-order valence-corrected chi connectivity index (χ0v) is 15.8. The molecule has 0 spiro atoms. The van der Waals surface area contributed by atoms with Crippen LogP contribution < -0.4 is 10.9 Å². The third-order valence-corrected chi connectivity index (χ3v) is 6.56. The number of nitrogens with zero attached hydrogens (tertiary/aromatic N) is 2. The Kier molecular flexibility index (Phi) is 3.45. The van der Waals surface area contributed by atoms with E-state index in [-0.39, 0.29) is 29.5 Å². The first-order valence-electron chi connectivity index (χ1n) is 10.1. The number of para-hydroxylation sites is 1. The highest BCUT2D eigenvalue weighted by atomic mass is 16.2. The lowest BCUT2D eigenvalue weighted by atomic mass is 9.78. The van der Waals surface area contributed by atoms with Crippen LogP contribution in [0.1, 0.15) is 47.4 Å². The van der Waals surface area contributed by atoms with Crippen molar-refractivity contribution >= 4 is 27.6 Å². The Morgan fingerprint density at radius 3 is 2.66 bits per heavy atom. The number of nitrogens with one attached hydrogen (secondary N) is 2. The molecule has 3 atom stereocenters. The van der Waals surface area contributed by atoms with Gasteiger partial charge in [0.2, 0.25) is 0 Å². The van der Waals surface area contributed by atoms with Crippen molar-refractivity contribution in [1.82, 2.24) is 20.1 Å². The van der Waals surface area contributed by atoms with Crippen LogP contribution in [0.5, 0.6) is 0 Å². The molecule has 0 radical (unpaired) electrons. The molecule has 144 valence electrons.